The van der Waals surface area contributed by atoms with Gasteiger partial charge in [0.1, 0.15) is 28.3 Å². The average molecular weight is 1790 g/mol. The molecule has 0 radical (unpaired) electrons. The summed E-state index contributed by atoms with van der Waals surface area (Å²) >= 11 is 7.90. The minimum Gasteiger partial charge on any atom is -0.379 e. The molecule has 11 N–H and O–H groups in total. The van der Waals surface area contributed by atoms with Gasteiger partial charge in [0, 0.05) is 159 Å². The second-order valence-corrected chi connectivity index (χ2v) is 31.6. The summed E-state index contributed by atoms with van der Waals surface area (Å²) in [6, 6.07) is 9.90. The smallest absolute Gasteiger partial charge is 0.291 e. The summed E-state index contributed by atoms with van der Waals surface area (Å²) in [6.07, 6.45) is 12.8. The number of fused-ring (bicyclic) bond motifs is 3. The van der Waals surface area contributed by atoms with Crippen LogP contribution in [0.25, 0.3) is 5.00 Å². The van der Waals surface area contributed by atoms with Gasteiger partial charge in [0.05, 0.1) is 103 Å². The number of unbranched alkanes of at least 4 members (excludes halogenated alkanes) is 4. The van der Waals surface area contributed by atoms with E-state index in [0.717, 1.165) is 71.9 Å². The number of nitrogens with one attached hydrogen (secondary N) is 11. The zero-order valence-corrected chi connectivity index (χ0v) is 74.5. The number of thiophene rings is 1. The number of carbonyl (C=O) groups excluding carboxylic acids is 11. The molecule has 1 atom stereocenters. The Kier molecular flexibility index (Phi) is 39.1. The number of rotatable bonds is 55. The molecule has 1 aliphatic rings. The van der Waals surface area contributed by atoms with Crippen LogP contribution in [0.2, 0.25) is 5.02 Å². The van der Waals surface area contributed by atoms with Gasteiger partial charge in [0.15, 0.2) is 23.3 Å². The number of amides is 11. The van der Waals surface area contributed by atoms with Crippen molar-refractivity contribution < 1.29 is 81.2 Å². The first-order valence-corrected chi connectivity index (χ1v) is 42.9. The fourth-order valence-corrected chi connectivity index (χ4v) is 14.4. The molecule has 0 bridgehead atoms. The Hall–Kier alpha value is -11.9. The summed E-state index contributed by atoms with van der Waals surface area (Å²) < 4.78 is 42.8. The minimum atomic E-state index is -0.652. The molecule has 9 rings (SSSR count). The molecule has 41 nitrogen and oxygen atoms in total. The zero-order chi connectivity index (χ0) is 90.6. The van der Waals surface area contributed by atoms with Gasteiger partial charge in [0.25, 0.3) is 29.5 Å². The molecule has 1 aliphatic heterocycles. The Morgan fingerprint density at radius 2 is 0.849 bits per heavy atom. The van der Waals surface area contributed by atoms with Gasteiger partial charge in [0.2, 0.25) is 52.9 Å². The number of hydrogen-bond acceptors (Lipinski definition) is 25. The van der Waals surface area contributed by atoms with Crippen LogP contribution in [0.1, 0.15) is 169 Å². The lowest BCUT2D eigenvalue weighted by atomic mass is 9.99. The third-order valence-electron chi connectivity index (χ3n) is 19.6. The van der Waals surface area contributed by atoms with E-state index in [2.05, 4.69) is 97.5 Å². The Balaban J connectivity index is 0.513. The highest BCUT2D eigenvalue weighted by molar-refractivity contribution is 7.15. The lowest BCUT2D eigenvalue weighted by Gasteiger charge is -2.13. The fraction of sp³-hybridized carbons (Fsp3) is 0.506. The van der Waals surface area contributed by atoms with Crippen LogP contribution in [0.3, 0.4) is 0 Å². The standard InChI is InChI=1S/C83H115ClN24O17S/c1-53-54(2)126-83-72(53)73(56-18-20-57(84)21-19-56)93-60(74-101-100-55(3)108(74)83)47-71(114)87-31-34-121-36-38-123-40-42-125-44-43-124-41-39-122-37-35-120-33-25-67(110)86-27-15-13-11-12-14-26-85-66(109)22-28-90-80(117)75-97-64(50-105(75)8)95-69(112)23-29-88-78(115)62-46-59(49-104(62)7)92-82(119)77-99-65(52-107(77)10)96-70(113)24-30-89-79(116)61-45-58(48-103(61)6)91-81(118)76-98-63(51-106(76)9)94-68(111)17-16-32-102(4)5/h18-21,45-46,48-52,60H,11-17,22-44,47H2,1-10H3,(H,85,109)(H,86,110)(H,87,114)(H,88,115)(H,89,116)(H,90,117)(H,91,118)(H,92,119)(H,94,111)(H,95,112)(H,96,113)/t60-/m0/s1. The highest BCUT2D eigenvalue weighted by Crippen LogP contribution is 2.40. The Labute approximate surface area is 738 Å². The fourth-order valence-electron chi connectivity index (χ4n) is 13.0. The molecule has 0 saturated carbocycles. The summed E-state index contributed by atoms with van der Waals surface area (Å²) in [7, 11) is 11.8. The number of benzene rings is 1. The third kappa shape index (κ3) is 31.0. The maximum Gasteiger partial charge on any atom is 0.291 e. The van der Waals surface area contributed by atoms with Crippen LogP contribution >= 0.6 is 22.9 Å². The van der Waals surface area contributed by atoms with E-state index in [9.17, 15) is 52.7 Å². The lowest BCUT2D eigenvalue weighted by molar-refractivity contribution is -0.123. The Morgan fingerprint density at radius 1 is 0.429 bits per heavy atom. The molecule has 1 aromatic carbocycles. The van der Waals surface area contributed by atoms with Crippen LogP contribution < -0.4 is 58.5 Å². The molecule has 11 amide bonds. The van der Waals surface area contributed by atoms with Gasteiger partial charge in [-0.1, -0.05) is 43.0 Å². The molecule has 43 heteroatoms. The van der Waals surface area contributed by atoms with Crippen molar-refractivity contribution >= 4 is 122 Å². The van der Waals surface area contributed by atoms with Crippen LogP contribution in [0.4, 0.5) is 28.8 Å². The molecule has 0 saturated heterocycles. The van der Waals surface area contributed by atoms with E-state index in [1.807, 2.05) is 54.8 Å². The molecule has 8 heterocycles. The topological polar surface area (TPSA) is 485 Å². The highest BCUT2D eigenvalue weighted by atomic mass is 35.5. The summed E-state index contributed by atoms with van der Waals surface area (Å²) in [5.74, 6) is -2.87. The number of aliphatic imine (C=N–C) groups is 1. The molecule has 0 unspecified atom stereocenters. The van der Waals surface area contributed by atoms with Crippen LogP contribution in [0, 0.1) is 20.8 Å². The van der Waals surface area contributed by atoms with E-state index in [1.165, 1.54) is 70.8 Å². The van der Waals surface area contributed by atoms with Gasteiger partial charge in [-0.25, -0.2) is 15.0 Å². The number of hydrogen-bond donors (Lipinski definition) is 11. The van der Waals surface area contributed by atoms with Crippen LogP contribution in [-0.4, -0.2) is 267 Å². The number of carbonyl (C=O) groups is 11. The summed E-state index contributed by atoms with van der Waals surface area (Å²) in [6.45, 7) is 12.5. The minimum absolute atomic E-state index is 0.00185. The van der Waals surface area contributed by atoms with Crippen molar-refractivity contribution in [2.24, 2.45) is 40.2 Å². The normalized spacial score (nSPS) is 12.2. The molecule has 0 spiro atoms. The van der Waals surface area contributed by atoms with Crippen molar-refractivity contribution in [2.45, 2.75) is 104 Å². The maximum absolute atomic E-state index is 13.4. The van der Waals surface area contributed by atoms with Gasteiger partial charge in [-0.3, -0.25) is 62.3 Å². The molecule has 0 aliphatic carbocycles. The van der Waals surface area contributed by atoms with Crippen molar-refractivity contribution in [1.82, 2.24) is 89.4 Å². The van der Waals surface area contributed by atoms with Crippen LogP contribution in [0.5, 0.6) is 0 Å². The third-order valence-corrected chi connectivity index (χ3v) is 21.0. The van der Waals surface area contributed by atoms with Crippen molar-refractivity contribution in [2.75, 3.05) is 166 Å². The van der Waals surface area contributed by atoms with Gasteiger partial charge in [-0.2, -0.15) is 0 Å². The molecule has 126 heavy (non-hydrogen) atoms. The Bertz CT molecular complexity index is 5060. The van der Waals surface area contributed by atoms with Crippen LogP contribution in [0.15, 0.2) is 72.4 Å². The lowest BCUT2D eigenvalue weighted by Crippen LogP contribution is -2.32. The Morgan fingerprint density at radius 3 is 1.33 bits per heavy atom. The molecular weight excluding hydrogens is 1670 g/mol. The number of imidazole rings is 3. The van der Waals surface area contributed by atoms with E-state index in [-0.39, 0.29) is 134 Å². The predicted molar refractivity (Wildman–Crippen MR) is 470 cm³/mol. The van der Waals surface area contributed by atoms with Crippen molar-refractivity contribution in [3.63, 3.8) is 0 Å². The number of nitrogens with zero attached hydrogens (tertiary/aromatic N) is 13. The first kappa shape index (κ1) is 97.9. The average Bonchev–Trinajstić information content (AvgIpc) is 1.59. The highest BCUT2D eigenvalue weighted by Gasteiger charge is 2.33. The maximum atomic E-state index is 13.4. The quantitative estimate of drug-likeness (QED) is 0.0224. The van der Waals surface area contributed by atoms with Gasteiger partial charge >= 0.3 is 0 Å². The summed E-state index contributed by atoms with van der Waals surface area (Å²) in [4.78, 5) is 163. The largest absolute Gasteiger partial charge is 0.379 e. The van der Waals surface area contributed by atoms with E-state index >= 15 is 0 Å². The molecule has 0 fully saturated rings. The predicted octanol–water partition coefficient (Wildman–Crippen LogP) is 4.98. The second kappa shape index (κ2) is 50.3. The zero-order valence-electron chi connectivity index (χ0n) is 72.9. The van der Waals surface area contributed by atoms with Crippen LogP contribution in [-0.2, 0) is 92.4 Å². The summed E-state index contributed by atoms with van der Waals surface area (Å²) in [5, 5.41) is 40.5. The molecular formula is C83H115ClN24O17S. The second-order valence-electron chi connectivity index (χ2n) is 30.0. The number of halogens is 1. The SMILES string of the molecule is Cc1sc2c(c1C)C(c1ccc(Cl)cc1)=N[C@@H](CC(=O)NCCOCCOCCOCCOCCOCCOCCC(=O)NCCCCCCCNC(=O)CCNC(=O)c1nc(NC(=O)CCNC(=O)c3cc(NC(=O)c4nc(NC(=O)CCNC(=O)c5cc(NC(=O)c6nc(NC(=O)CCCN(C)C)cn6C)cn5C)cn4C)cn3C)cn1C)c1nnc(C)n1-2. The molecule has 7 aromatic heterocycles. The van der Waals surface area contributed by atoms with Crippen molar-refractivity contribution in [3.8, 4) is 5.00 Å². The van der Waals surface area contributed by atoms with E-state index < -0.39 is 47.4 Å². The number of aromatic nitrogens is 11. The number of ether oxygens (including phenoxy) is 6. The van der Waals surface area contributed by atoms with Gasteiger partial charge in [-0.05, 0) is 90.5 Å². The first-order chi connectivity index (χ1) is 60.6. The molecule has 682 valence electrons. The molecule has 8 aromatic rings. The monoisotopic (exact) mass is 1790 g/mol. The van der Waals surface area contributed by atoms with E-state index in [1.54, 1.807) is 46.6 Å². The van der Waals surface area contributed by atoms with Gasteiger partial charge < -0.3 is 115 Å². The van der Waals surface area contributed by atoms with E-state index in [0.29, 0.717) is 122 Å². The van der Waals surface area contributed by atoms with E-state index in [4.69, 9.17) is 45.0 Å². The number of anilines is 5. The summed E-state index contributed by atoms with van der Waals surface area (Å²) in [5.41, 5.74) is 4.73. The van der Waals surface area contributed by atoms with Crippen molar-refractivity contribution in [3.05, 3.63) is 134 Å². The van der Waals surface area contributed by atoms with Gasteiger partial charge in [-0.15, -0.1) is 21.5 Å². The number of aryl methyl sites for hydroxylation is 7. The van der Waals surface area contributed by atoms with Crippen molar-refractivity contribution in [1.29, 1.82) is 0 Å². The first-order valence-electron chi connectivity index (χ1n) is 41.7.